The van der Waals surface area contributed by atoms with Gasteiger partial charge in [-0.25, -0.2) is 0 Å². The van der Waals surface area contributed by atoms with Crippen LogP contribution in [-0.4, -0.2) is 30.9 Å². The van der Waals surface area contributed by atoms with Crippen molar-refractivity contribution in [2.24, 2.45) is 0 Å². The summed E-state index contributed by atoms with van der Waals surface area (Å²) in [6.45, 7) is 0. The highest BCUT2D eigenvalue weighted by atomic mass is 16.5. The van der Waals surface area contributed by atoms with Gasteiger partial charge in [-0.15, -0.1) is 0 Å². The molecule has 0 bridgehead atoms. The van der Waals surface area contributed by atoms with Gasteiger partial charge in [0.05, 0.1) is 19.9 Å². The van der Waals surface area contributed by atoms with E-state index in [4.69, 9.17) is 9.47 Å². The molecule has 1 aromatic heterocycles. The van der Waals surface area contributed by atoms with Gasteiger partial charge >= 0.3 is 0 Å². The summed E-state index contributed by atoms with van der Waals surface area (Å²) in [7, 11) is 3.06. The molecule has 1 amide bonds. The fraction of sp³-hybridized carbons (Fsp3) is 0.235. The molecule has 0 unspecified atom stereocenters. The molecule has 0 spiro atoms. The van der Waals surface area contributed by atoms with Crippen molar-refractivity contribution in [1.29, 1.82) is 0 Å². The van der Waals surface area contributed by atoms with Gasteiger partial charge in [0.2, 0.25) is 5.91 Å². The monoisotopic (exact) mass is 314 g/mol. The Morgan fingerprint density at radius 1 is 1.13 bits per heavy atom. The van der Waals surface area contributed by atoms with Gasteiger partial charge in [-0.2, -0.15) is 0 Å². The molecule has 1 heterocycles. The lowest BCUT2D eigenvalue weighted by Crippen LogP contribution is -2.14. The summed E-state index contributed by atoms with van der Waals surface area (Å²) >= 11 is 0. The second-order valence-electron chi connectivity index (χ2n) is 4.78. The van der Waals surface area contributed by atoms with Gasteiger partial charge in [0.15, 0.2) is 5.78 Å². The van der Waals surface area contributed by atoms with Crippen LogP contribution in [0.25, 0.3) is 0 Å². The SMILES string of the molecule is COc1ccc(NC(=O)CCC(=O)c2cccnc2)c(OC)c1. The van der Waals surface area contributed by atoms with E-state index in [1.807, 2.05) is 0 Å². The van der Waals surface area contributed by atoms with Crippen LogP contribution in [0, 0.1) is 0 Å². The van der Waals surface area contributed by atoms with Crippen LogP contribution < -0.4 is 14.8 Å². The molecule has 0 fully saturated rings. The van der Waals surface area contributed by atoms with Crippen LogP contribution in [0.15, 0.2) is 42.7 Å². The number of nitrogens with zero attached hydrogens (tertiary/aromatic N) is 1. The predicted octanol–water partition coefficient (Wildman–Crippen LogP) is 2.70. The number of ketones is 1. The van der Waals surface area contributed by atoms with E-state index < -0.39 is 0 Å². The molecule has 0 aliphatic rings. The molecule has 23 heavy (non-hydrogen) atoms. The van der Waals surface area contributed by atoms with Crippen LogP contribution in [0.3, 0.4) is 0 Å². The van der Waals surface area contributed by atoms with Gasteiger partial charge in [-0.3, -0.25) is 14.6 Å². The number of carbonyl (C=O) groups is 2. The van der Waals surface area contributed by atoms with Gasteiger partial charge in [0.25, 0.3) is 0 Å². The number of benzene rings is 1. The first-order valence-corrected chi connectivity index (χ1v) is 7.09. The van der Waals surface area contributed by atoms with E-state index in [2.05, 4.69) is 10.3 Å². The Bertz CT molecular complexity index is 686. The Morgan fingerprint density at radius 3 is 2.61 bits per heavy atom. The summed E-state index contributed by atoms with van der Waals surface area (Å²) < 4.78 is 10.3. The minimum atomic E-state index is -0.259. The van der Waals surface area contributed by atoms with Crippen LogP contribution in [0.2, 0.25) is 0 Å². The minimum Gasteiger partial charge on any atom is -0.497 e. The number of rotatable bonds is 7. The smallest absolute Gasteiger partial charge is 0.224 e. The Labute approximate surface area is 134 Å². The Kier molecular flexibility index (Phi) is 5.68. The number of amides is 1. The molecule has 2 rings (SSSR count). The average molecular weight is 314 g/mol. The molecule has 1 N–H and O–H groups in total. The molecule has 0 atom stereocenters. The summed E-state index contributed by atoms with van der Waals surface area (Å²) in [4.78, 5) is 27.8. The van der Waals surface area contributed by atoms with Crippen molar-refractivity contribution >= 4 is 17.4 Å². The van der Waals surface area contributed by atoms with Crippen molar-refractivity contribution in [1.82, 2.24) is 4.98 Å². The normalized spacial score (nSPS) is 10.0. The molecular weight excluding hydrogens is 296 g/mol. The summed E-state index contributed by atoms with van der Waals surface area (Å²) in [6.07, 6.45) is 3.30. The lowest BCUT2D eigenvalue weighted by Gasteiger charge is -2.11. The minimum absolute atomic E-state index is 0.0862. The number of pyridine rings is 1. The topological polar surface area (TPSA) is 77.5 Å². The zero-order valence-electron chi connectivity index (χ0n) is 13.0. The molecule has 6 nitrogen and oxygen atoms in total. The van der Waals surface area contributed by atoms with Crippen molar-refractivity contribution in [3.05, 3.63) is 48.3 Å². The zero-order valence-corrected chi connectivity index (χ0v) is 13.0. The number of anilines is 1. The van der Waals surface area contributed by atoms with Gasteiger partial charge in [0.1, 0.15) is 11.5 Å². The molecule has 2 aromatic rings. The fourth-order valence-corrected chi connectivity index (χ4v) is 2.01. The van der Waals surface area contributed by atoms with Crippen molar-refractivity contribution < 1.29 is 19.1 Å². The van der Waals surface area contributed by atoms with E-state index in [0.717, 1.165) is 0 Å². The first kappa shape index (κ1) is 16.5. The highest BCUT2D eigenvalue weighted by Gasteiger charge is 2.12. The highest BCUT2D eigenvalue weighted by Crippen LogP contribution is 2.29. The van der Waals surface area contributed by atoms with E-state index in [1.165, 1.54) is 13.3 Å². The first-order chi connectivity index (χ1) is 11.1. The second-order valence-corrected chi connectivity index (χ2v) is 4.78. The standard InChI is InChI=1S/C17H18N2O4/c1-22-13-5-6-14(16(10-13)23-2)19-17(21)8-7-15(20)12-4-3-9-18-11-12/h3-6,9-11H,7-8H2,1-2H3,(H,19,21). The molecule has 0 saturated heterocycles. The third-order valence-electron chi connectivity index (χ3n) is 3.25. The van der Waals surface area contributed by atoms with Crippen LogP contribution in [0.5, 0.6) is 11.5 Å². The van der Waals surface area contributed by atoms with Gasteiger partial charge in [-0.05, 0) is 24.3 Å². The molecule has 1 aromatic carbocycles. The number of hydrogen-bond acceptors (Lipinski definition) is 5. The molecule has 6 heteroatoms. The van der Waals surface area contributed by atoms with Crippen LogP contribution in [-0.2, 0) is 4.79 Å². The predicted molar refractivity (Wildman–Crippen MR) is 86.0 cm³/mol. The molecule has 0 saturated carbocycles. The van der Waals surface area contributed by atoms with Crippen LogP contribution >= 0.6 is 0 Å². The highest BCUT2D eigenvalue weighted by molar-refractivity contribution is 6.00. The molecule has 0 aliphatic carbocycles. The molecule has 0 radical (unpaired) electrons. The van der Waals surface area contributed by atoms with Crippen molar-refractivity contribution in [2.45, 2.75) is 12.8 Å². The van der Waals surface area contributed by atoms with E-state index in [1.54, 1.807) is 43.6 Å². The number of Topliss-reactive ketones (excluding diaryl/α,β-unsaturated/α-hetero) is 1. The second kappa shape index (κ2) is 7.93. The van der Waals surface area contributed by atoms with Gasteiger partial charge < -0.3 is 14.8 Å². The largest absolute Gasteiger partial charge is 0.497 e. The third-order valence-corrected chi connectivity index (χ3v) is 3.25. The molecule has 120 valence electrons. The Hall–Kier alpha value is -2.89. The molecular formula is C17H18N2O4. The van der Waals surface area contributed by atoms with E-state index in [9.17, 15) is 9.59 Å². The van der Waals surface area contributed by atoms with Gasteiger partial charge in [0, 0.05) is 36.9 Å². The number of methoxy groups -OCH3 is 2. The number of ether oxygens (including phenoxy) is 2. The molecule has 0 aliphatic heterocycles. The van der Waals surface area contributed by atoms with Crippen molar-refractivity contribution in [3.63, 3.8) is 0 Å². The van der Waals surface area contributed by atoms with Crippen molar-refractivity contribution in [3.8, 4) is 11.5 Å². The maximum atomic E-state index is 12.0. The first-order valence-electron chi connectivity index (χ1n) is 7.09. The average Bonchev–Trinajstić information content (AvgIpc) is 2.60. The third kappa shape index (κ3) is 4.54. The Balaban J connectivity index is 1.93. The lowest BCUT2D eigenvalue weighted by molar-refractivity contribution is -0.116. The van der Waals surface area contributed by atoms with Crippen LogP contribution in [0.1, 0.15) is 23.2 Å². The number of hydrogen-bond donors (Lipinski definition) is 1. The van der Waals surface area contributed by atoms with Gasteiger partial charge in [-0.1, -0.05) is 0 Å². The number of nitrogens with one attached hydrogen (secondary N) is 1. The zero-order chi connectivity index (χ0) is 16.7. The summed E-state index contributed by atoms with van der Waals surface area (Å²) in [5.41, 5.74) is 1.04. The maximum Gasteiger partial charge on any atom is 0.224 e. The van der Waals surface area contributed by atoms with E-state index in [0.29, 0.717) is 22.7 Å². The van der Waals surface area contributed by atoms with Crippen molar-refractivity contribution in [2.75, 3.05) is 19.5 Å². The number of aromatic nitrogens is 1. The summed E-state index contributed by atoms with van der Waals surface area (Å²) in [5.74, 6) is 0.753. The number of carbonyl (C=O) groups excluding carboxylic acids is 2. The fourth-order valence-electron chi connectivity index (χ4n) is 2.01. The van der Waals surface area contributed by atoms with E-state index in [-0.39, 0.29) is 24.5 Å². The quantitative estimate of drug-likeness (QED) is 0.795. The summed E-state index contributed by atoms with van der Waals surface area (Å²) in [5, 5.41) is 2.73. The van der Waals surface area contributed by atoms with E-state index >= 15 is 0 Å². The lowest BCUT2D eigenvalue weighted by atomic mass is 10.1. The Morgan fingerprint density at radius 2 is 1.96 bits per heavy atom. The maximum absolute atomic E-state index is 12.0. The summed E-state index contributed by atoms with van der Waals surface area (Å²) in [6, 6.07) is 8.46. The van der Waals surface area contributed by atoms with Crippen LogP contribution in [0.4, 0.5) is 5.69 Å².